The van der Waals surface area contributed by atoms with Crippen molar-refractivity contribution >= 4 is 38.6 Å². The monoisotopic (exact) mass is 533 g/mol. The topological polar surface area (TPSA) is 124 Å². The van der Waals surface area contributed by atoms with Crippen molar-refractivity contribution in [3.8, 4) is 0 Å². The molecular weight excluding hydrogens is 506 g/mol. The van der Waals surface area contributed by atoms with Crippen LogP contribution >= 0.6 is 0 Å². The van der Waals surface area contributed by atoms with E-state index < -0.39 is 45.9 Å². The number of rotatable bonds is 5. The lowest BCUT2D eigenvalue weighted by molar-refractivity contribution is -0.156. The van der Waals surface area contributed by atoms with Gasteiger partial charge in [0.15, 0.2) is 0 Å². The molecule has 10 heteroatoms. The van der Waals surface area contributed by atoms with Crippen LogP contribution < -0.4 is 5.32 Å². The van der Waals surface area contributed by atoms with Crippen LogP contribution in [0.25, 0.3) is 10.8 Å². The molecule has 0 bridgehead atoms. The standard InChI is InChI=1S/C28H27N3O6S/c32-26(21-15-14-19-8-4-5-9-20(19)16-21)29-24-13-7-6-10-22-17-30(18-25(28(34)35)31(22)27(24)33)38(36,37)23-11-2-1-3-12-23/h1-9,11-12,14-16,22,24-25H,10,13,17-18H2,(H,29,32)(H,34,35)/b7-6-/t22-,24-,25-/m0/s1. The molecule has 3 aromatic carbocycles. The summed E-state index contributed by atoms with van der Waals surface area (Å²) in [7, 11) is -3.97. The lowest BCUT2D eigenvalue weighted by Gasteiger charge is -2.46. The van der Waals surface area contributed by atoms with Crippen molar-refractivity contribution in [2.75, 3.05) is 13.1 Å². The fourth-order valence-corrected chi connectivity index (χ4v) is 6.55. The first kappa shape index (κ1) is 25.6. The van der Waals surface area contributed by atoms with E-state index in [9.17, 15) is 27.9 Å². The number of carbonyl (C=O) groups excluding carboxylic acids is 2. The van der Waals surface area contributed by atoms with E-state index in [2.05, 4.69) is 5.32 Å². The number of hydrogen-bond donors (Lipinski definition) is 2. The SMILES string of the molecule is O=C(N[C@H]1C/C=C\C[C@H]2CN(S(=O)(=O)c3ccccc3)C[C@@H](C(=O)O)N2C1=O)c1ccc2ccccc2c1. The quantitative estimate of drug-likeness (QED) is 0.486. The van der Waals surface area contributed by atoms with Crippen LogP contribution in [-0.4, -0.2) is 71.7 Å². The van der Waals surface area contributed by atoms with Gasteiger partial charge in [0.2, 0.25) is 15.9 Å². The van der Waals surface area contributed by atoms with Crippen LogP contribution in [0.15, 0.2) is 89.8 Å². The molecule has 0 spiro atoms. The molecule has 0 saturated carbocycles. The molecule has 3 atom stereocenters. The predicted octanol–water partition coefficient (Wildman–Crippen LogP) is 2.64. The molecule has 196 valence electrons. The van der Waals surface area contributed by atoms with E-state index in [0.29, 0.717) is 12.0 Å². The van der Waals surface area contributed by atoms with Gasteiger partial charge in [-0.1, -0.05) is 60.7 Å². The second-order valence-corrected chi connectivity index (χ2v) is 11.4. The fraction of sp³-hybridized carbons (Fsp3) is 0.250. The number of hydrogen-bond acceptors (Lipinski definition) is 5. The predicted molar refractivity (Wildman–Crippen MR) is 141 cm³/mol. The molecule has 0 aliphatic carbocycles. The van der Waals surface area contributed by atoms with E-state index in [1.54, 1.807) is 42.5 Å². The molecule has 0 radical (unpaired) electrons. The Bertz CT molecular complexity index is 1520. The van der Waals surface area contributed by atoms with E-state index in [4.69, 9.17) is 0 Å². The second kappa shape index (κ2) is 10.4. The molecule has 0 unspecified atom stereocenters. The Balaban J connectivity index is 1.41. The van der Waals surface area contributed by atoms with Gasteiger partial charge in [-0.3, -0.25) is 9.59 Å². The number of benzene rings is 3. The Morgan fingerprint density at radius 1 is 0.868 bits per heavy atom. The second-order valence-electron chi connectivity index (χ2n) is 9.42. The molecule has 1 saturated heterocycles. The van der Waals surface area contributed by atoms with Crippen molar-refractivity contribution in [3.05, 3.63) is 90.5 Å². The minimum atomic E-state index is -3.97. The first-order valence-electron chi connectivity index (χ1n) is 12.3. The number of piperazine rings is 1. The lowest BCUT2D eigenvalue weighted by Crippen LogP contribution is -2.66. The number of nitrogens with zero attached hydrogens (tertiary/aromatic N) is 2. The van der Waals surface area contributed by atoms with Gasteiger partial charge in [-0.2, -0.15) is 4.31 Å². The van der Waals surface area contributed by atoms with Crippen molar-refractivity contribution in [1.29, 1.82) is 0 Å². The van der Waals surface area contributed by atoms with Gasteiger partial charge < -0.3 is 15.3 Å². The van der Waals surface area contributed by atoms with Gasteiger partial charge in [-0.15, -0.1) is 0 Å². The maximum Gasteiger partial charge on any atom is 0.327 e. The first-order valence-corrected chi connectivity index (χ1v) is 13.7. The van der Waals surface area contributed by atoms with Crippen LogP contribution in [-0.2, 0) is 19.6 Å². The molecule has 2 heterocycles. The average molecular weight is 534 g/mol. The first-order chi connectivity index (χ1) is 18.3. The fourth-order valence-electron chi connectivity index (χ4n) is 5.05. The molecular formula is C28H27N3O6S. The summed E-state index contributed by atoms with van der Waals surface area (Å²) in [6, 6.07) is 17.6. The number of nitrogens with one attached hydrogen (secondary N) is 1. The molecule has 5 rings (SSSR count). The number of sulfonamides is 1. The number of carbonyl (C=O) groups is 3. The molecule has 2 N–H and O–H groups in total. The van der Waals surface area contributed by atoms with Crippen molar-refractivity contribution in [2.24, 2.45) is 0 Å². The van der Waals surface area contributed by atoms with E-state index in [1.165, 1.54) is 17.0 Å². The Morgan fingerprint density at radius 2 is 1.55 bits per heavy atom. The van der Waals surface area contributed by atoms with Crippen LogP contribution in [0.3, 0.4) is 0 Å². The normalized spacial score (nSPS) is 23.2. The maximum absolute atomic E-state index is 13.7. The number of carboxylic acid groups (broad SMARTS) is 1. The summed E-state index contributed by atoms with van der Waals surface area (Å²) in [6.45, 7) is -0.438. The summed E-state index contributed by atoms with van der Waals surface area (Å²) in [6.07, 6.45) is 4.05. The summed E-state index contributed by atoms with van der Waals surface area (Å²) in [5.41, 5.74) is 0.382. The highest BCUT2D eigenvalue weighted by atomic mass is 32.2. The molecule has 3 aromatic rings. The van der Waals surface area contributed by atoms with Crippen LogP contribution in [0.1, 0.15) is 23.2 Å². The highest BCUT2D eigenvalue weighted by Crippen LogP contribution is 2.27. The van der Waals surface area contributed by atoms with E-state index in [1.807, 2.05) is 30.3 Å². The van der Waals surface area contributed by atoms with Crippen LogP contribution in [0.4, 0.5) is 0 Å². The largest absolute Gasteiger partial charge is 0.480 e. The van der Waals surface area contributed by atoms with E-state index >= 15 is 0 Å². The van der Waals surface area contributed by atoms with Crippen molar-refractivity contribution in [2.45, 2.75) is 35.9 Å². The number of aliphatic carboxylic acids is 1. The lowest BCUT2D eigenvalue weighted by atomic mass is 9.98. The summed E-state index contributed by atoms with van der Waals surface area (Å²) >= 11 is 0. The van der Waals surface area contributed by atoms with Gasteiger partial charge in [-0.05, 0) is 47.9 Å². The van der Waals surface area contributed by atoms with Crippen molar-refractivity contribution in [3.63, 3.8) is 0 Å². The Hall–Kier alpha value is -4.02. The molecule has 0 aromatic heterocycles. The molecule has 1 fully saturated rings. The van der Waals surface area contributed by atoms with Crippen molar-refractivity contribution < 1.29 is 27.9 Å². The third kappa shape index (κ3) is 4.92. The smallest absolute Gasteiger partial charge is 0.327 e. The molecule has 2 amide bonds. The Labute approximate surface area is 220 Å². The van der Waals surface area contributed by atoms with Gasteiger partial charge in [0.1, 0.15) is 12.1 Å². The maximum atomic E-state index is 13.7. The summed E-state index contributed by atoms with van der Waals surface area (Å²) in [4.78, 5) is 40.4. The average Bonchev–Trinajstić information content (AvgIpc) is 2.93. The zero-order valence-electron chi connectivity index (χ0n) is 20.4. The summed E-state index contributed by atoms with van der Waals surface area (Å²) < 4.78 is 27.7. The molecule has 2 aliphatic heterocycles. The van der Waals surface area contributed by atoms with Crippen LogP contribution in [0.5, 0.6) is 0 Å². The van der Waals surface area contributed by atoms with E-state index in [-0.39, 0.29) is 24.4 Å². The highest BCUT2D eigenvalue weighted by Gasteiger charge is 2.46. The van der Waals surface area contributed by atoms with E-state index in [0.717, 1.165) is 15.1 Å². The molecule has 9 nitrogen and oxygen atoms in total. The third-order valence-electron chi connectivity index (χ3n) is 7.00. The minimum Gasteiger partial charge on any atom is -0.480 e. The molecule has 38 heavy (non-hydrogen) atoms. The van der Waals surface area contributed by atoms with Crippen molar-refractivity contribution in [1.82, 2.24) is 14.5 Å². The number of carboxylic acids is 1. The summed E-state index contributed by atoms with van der Waals surface area (Å²) in [5.74, 6) is -2.30. The Kier molecular flexibility index (Phi) is 7.00. The van der Waals surface area contributed by atoms with Gasteiger partial charge in [-0.25, -0.2) is 13.2 Å². The number of fused-ring (bicyclic) bond motifs is 2. The zero-order valence-corrected chi connectivity index (χ0v) is 21.3. The van der Waals surface area contributed by atoms with Crippen LogP contribution in [0.2, 0.25) is 0 Å². The minimum absolute atomic E-state index is 0.0531. The summed E-state index contributed by atoms with van der Waals surface area (Å²) in [5, 5.41) is 14.7. The van der Waals surface area contributed by atoms with Gasteiger partial charge in [0, 0.05) is 24.7 Å². The zero-order chi connectivity index (χ0) is 26.9. The van der Waals surface area contributed by atoms with Gasteiger partial charge >= 0.3 is 5.97 Å². The van der Waals surface area contributed by atoms with Gasteiger partial charge in [0.25, 0.3) is 5.91 Å². The molecule has 2 aliphatic rings. The third-order valence-corrected chi connectivity index (χ3v) is 8.85. The Morgan fingerprint density at radius 3 is 2.29 bits per heavy atom. The number of amides is 2. The highest BCUT2D eigenvalue weighted by molar-refractivity contribution is 7.89. The van der Waals surface area contributed by atoms with Crippen LogP contribution in [0, 0.1) is 0 Å². The van der Waals surface area contributed by atoms with Gasteiger partial charge in [0.05, 0.1) is 4.90 Å².